The van der Waals surface area contributed by atoms with Crippen molar-refractivity contribution < 1.29 is 9.47 Å². The van der Waals surface area contributed by atoms with Crippen LogP contribution in [0, 0.1) is 0 Å². The van der Waals surface area contributed by atoms with Crippen molar-refractivity contribution in [1.82, 2.24) is 19.7 Å². The van der Waals surface area contributed by atoms with Crippen molar-refractivity contribution in [2.45, 2.75) is 19.9 Å². The summed E-state index contributed by atoms with van der Waals surface area (Å²) >= 11 is 0. The Bertz CT molecular complexity index is 1170. The molecule has 0 saturated carbocycles. The summed E-state index contributed by atoms with van der Waals surface area (Å²) in [5.74, 6) is 2.50. The Morgan fingerprint density at radius 1 is 0.900 bits per heavy atom. The van der Waals surface area contributed by atoms with Crippen LogP contribution in [-0.4, -0.2) is 40.0 Å². The molecule has 4 rings (SSSR count). The van der Waals surface area contributed by atoms with E-state index in [0.29, 0.717) is 28.5 Å². The fraction of sp³-hybridized carbons (Fsp3) is 0.227. The predicted octanol–water partition coefficient (Wildman–Crippen LogP) is 3.90. The summed E-state index contributed by atoms with van der Waals surface area (Å²) in [6.45, 7) is 4.07. The maximum absolute atomic E-state index is 6.53. The number of hydrogen-bond acceptors (Lipinski definition) is 7. The van der Waals surface area contributed by atoms with Gasteiger partial charge in [-0.25, -0.2) is 9.67 Å². The van der Waals surface area contributed by atoms with Crippen LogP contribution in [0.3, 0.4) is 0 Å². The molecular weight excluding hydrogens is 380 g/mol. The highest BCUT2D eigenvalue weighted by molar-refractivity contribution is 5.99. The highest BCUT2D eigenvalue weighted by atomic mass is 16.5. The lowest BCUT2D eigenvalue weighted by Gasteiger charge is -2.11. The van der Waals surface area contributed by atoms with Gasteiger partial charge in [-0.3, -0.25) is 0 Å². The summed E-state index contributed by atoms with van der Waals surface area (Å²) in [7, 11) is 3.27. The van der Waals surface area contributed by atoms with Crippen LogP contribution in [0.25, 0.3) is 28.0 Å². The number of ether oxygens (including phenoxy) is 2. The molecule has 0 atom stereocenters. The van der Waals surface area contributed by atoms with Crippen molar-refractivity contribution >= 4 is 22.8 Å². The third-order valence-electron chi connectivity index (χ3n) is 4.67. The fourth-order valence-electron chi connectivity index (χ4n) is 3.21. The summed E-state index contributed by atoms with van der Waals surface area (Å²) in [6.07, 6.45) is 0. The van der Waals surface area contributed by atoms with Crippen molar-refractivity contribution in [3.05, 3.63) is 48.5 Å². The molecule has 2 aromatic heterocycles. The Kier molecular flexibility index (Phi) is 5.14. The van der Waals surface area contributed by atoms with Gasteiger partial charge in [0.1, 0.15) is 17.3 Å². The van der Waals surface area contributed by atoms with Gasteiger partial charge in [-0.1, -0.05) is 0 Å². The van der Waals surface area contributed by atoms with E-state index >= 15 is 0 Å². The normalized spacial score (nSPS) is 11.1. The number of anilines is 2. The molecule has 2 heterocycles. The summed E-state index contributed by atoms with van der Waals surface area (Å²) in [4.78, 5) is 9.34. The van der Waals surface area contributed by atoms with Gasteiger partial charge in [-0.15, -0.1) is 5.10 Å². The van der Waals surface area contributed by atoms with Gasteiger partial charge in [0.25, 0.3) is 0 Å². The Morgan fingerprint density at radius 2 is 1.50 bits per heavy atom. The first-order valence-corrected chi connectivity index (χ1v) is 9.61. The second-order valence-electron chi connectivity index (χ2n) is 7.12. The zero-order chi connectivity index (χ0) is 21.3. The number of nitrogens with zero attached hydrogens (tertiary/aromatic N) is 4. The van der Waals surface area contributed by atoms with E-state index in [4.69, 9.17) is 20.2 Å². The molecule has 30 heavy (non-hydrogen) atoms. The molecule has 3 N–H and O–H groups in total. The average Bonchev–Trinajstić information content (AvgIpc) is 3.09. The number of nitrogens with one attached hydrogen (secondary N) is 1. The van der Waals surface area contributed by atoms with E-state index < -0.39 is 0 Å². The topological polar surface area (TPSA) is 100 Å². The number of methoxy groups -OCH3 is 2. The largest absolute Gasteiger partial charge is 0.497 e. The quantitative estimate of drug-likeness (QED) is 0.503. The van der Waals surface area contributed by atoms with Crippen LogP contribution in [0.5, 0.6) is 11.5 Å². The van der Waals surface area contributed by atoms with Crippen molar-refractivity contribution in [3.8, 4) is 28.4 Å². The van der Waals surface area contributed by atoms with Crippen molar-refractivity contribution in [2.75, 3.05) is 25.3 Å². The van der Waals surface area contributed by atoms with Crippen molar-refractivity contribution in [1.29, 1.82) is 0 Å². The molecule has 0 radical (unpaired) electrons. The molecule has 0 unspecified atom stereocenters. The van der Waals surface area contributed by atoms with Gasteiger partial charge in [0.15, 0.2) is 5.65 Å². The minimum Gasteiger partial charge on any atom is -0.497 e. The summed E-state index contributed by atoms with van der Waals surface area (Å²) < 4.78 is 12.2. The SMILES string of the molecule is COc1ccc(-c2nc(NC(C)C)nc3nn(-c4ccc(OC)cc4)c(N)c23)cc1. The van der Waals surface area contributed by atoms with Crippen LogP contribution in [0.1, 0.15) is 13.8 Å². The Morgan fingerprint density at radius 3 is 2.07 bits per heavy atom. The summed E-state index contributed by atoms with van der Waals surface area (Å²) in [5.41, 5.74) is 9.47. The zero-order valence-electron chi connectivity index (χ0n) is 17.4. The fourth-order valence-corrected chi connectivity index (χ4v) is 3.21. The first-order valence-electron chi connectivity index (χ1n) is 9.61. The number of rotatable bonds is 6. The molecule has 8 nitrogen and oxygen atoms in total. The Labute approximate surface area is 174 Å². The number of benzene rings is 2. The van der Waals surface area contributed by atoms with Crippen LogP contribution < -0.4 is 20.5 Å². The molecule has 4 aromatic rings. The maximum Gasteiger partial charge on any atom is 0.225 e. The lowest BCUT2D eigenvalue weighted by atomic mass is 10.1. The number of fused-ring (bicyclic) bond motifs is 1. The van der Waals surface area contributed by atoms with Crippen LogP contribution in [0.4, 0.5) is 11.8 Å². The molecule has 0 bridgehead atoms. The Hall–Kier alpha value is -3.81. The number of hydrogen-bond donors (Lipinski definition) is 2. The first kappa shape index (κ1) is 19.5. The second kappa shape index (κ2) is 7.90. The van der Waals surface area contributed by atoms with E-state index in [1.54, 1.807) is 18.9 Å². The van der Waals surface area contributed by atoms with Gasteiger partial charge in [-0.05, 0) is 62.4 Å². The van der Waals surface area contributed by atoms with E-state index in [0.717, 1.165) is 22.7 Å². The smallest absolute Gasteiger partial charge is 0.225 e. The molecule has 0 aliphatic rings. The lowest BCUT2D eigenvalue weighted by Crippen LogP contribution is -2.13. The molecule has 8 heteroatoms. The van der Waals surface area contributed by atoms with E-state index in [1.807, 2.05) is 62.4 Å². The molecule has 0 spiro atoms. The standard InChI is InChI=1S/C22H24N6O2/c1-13(2)24-22-25-19(14-5-9-16(29-3)10-6-14)18-20(23)28(27-21(18)26-22)15-7-11-17(30-4)12-8-15/h5-13H,23H2,1-4H3,(H,24,26,27). The van der Waals surface area contributed by atoms with Crippen LogP contribution in [0.15, 0.2) is 48.5 Å². The maximum atomic E-state index is 6.53. The van der Waals surface area contributed by atoms with Gasteiger partial charge in [0.05, 0.1) is 31.0 Å². The van der Waals surface area contributed by atoms with E-state index in [1.165, 1.54) is 0 Å². The monoisotopic (exact) mass is 404 g/mol. The molecule has 0 aliphatic carbocycles. The van der Waals surface area contributed by atoms with E-state index in [2.05, 4.69) is 15.4 Å². The van der Waals surface area contributed by atoms with Gasteiger partial charge in [0, 0.05) is 11.6 Å². The number of nitrogen functional groups attached to an aromatic ring is 1. The average molecular weight is 404 g/mol. The minimum absolute atomic E-state index is 0.173. The van der Waals surface area contributed by atoms with Gasteiger partial charge >= 0.3 is 0 Å². The molecule has 0 saturated heterocycles. The first-order chi connectivity index (χ1) is 14.5. The van der Waals surface area contributed by atoms with Crippen LogP contribution >= 0.6 is 0 Å². The van der Waals surface area contributed by atoms with Gasteiger partial charge < -0.3 is 20.5 Å². The van der Waals surface area contributed by atoms with Crippen molar-refractivity contribution in [2.24, 2.45) is 0 Å². The number of aromatic nitrogens is 4. The van der Waals surface area contributed by atoms with E-state index in [9.17, 15) is 0 Å². The highest BCUT2D eigenvalue weighted by Gasteiger charge is 2.19. The lowest BCUT2D eigenvalue weighted by molar-refractivity contribution is 0.414. The summed E-state index contributed by atoms with van der Waals surface area (Å²) in [6, 6.07) is 15.4. The second-order valence-corrected chi connectivity index (χ2v) is 7.12. The highest BCUT2D eigenvalue weighted by Crippen LogP contribution is 2.33. The van der Waals surface area contributed by atoms with Crippen LogP contribution in [0.2, 0.25) is 0 Å². The van der Waals surface area contributed by atoms with E-state index in [-0.39, 0.29) is 6.04 Å². The summed E-state index contributed by atoms with van der Waals surface area (Å²) in [5, 5.41) is 8.62. The molecule has 2 aromatic carbocycles. The molecule has 154 valence electrons. The third kappa shape index (κ3) is 3.59. The third-order valence-corrected chi connectivity index (χ3v) is 4.67. The van der Waals surface area contributed by atoms with Gasteiger partial charge in [-0.2, -0.15) is 4.98 Å². The molecular formula is C22H24N6O2. The van der Waals surface area contributed by atoms with Gasteiger partial charge in [0.2, 0.25) is 5.95 Å². The molecule has 0 aliphatic heterocycles. The molecule has 0 fully saturated rings. The van der Waals surface area contributed by atoms with Crippen molar-refractivity contribution in [3.63, 3.8) is 0 Å². The predicted molar refractivity (Wildman–Crippen MR) is 118 cm³/mol. The molecule has 0 amide bonds. The zero-order valence-corrected chi connectivity index (χ0v) is 17.4. The Balaban J connectivity index is 1.92. The minimum atomic E-state index is 0.173. The number of nitrogens with two attached hydrogens (primary N) is 1. The van der Waals surface area contributed by atoms with Crippen LogP contribution in [-0.2, 0) is 0 Å².